The van der Waals surface area contributed by atoms with Crippen LogP contribution >= 0.6 is 23.8 Å². The van der Waals surface area contributed by atoms with E-state index in [-0.39, 0.29) is 11.5 Å². The van der Waals surface area contributed by atoms with Gasteiger partial charge in [0.05, 0.1) is 5.57 Å². The molecule has 0 aliphatic heterocycles. The van der Waals surface area contributed by atoms with Gasteiger partial charge in [0.25, 0.3) is 0 Å². The molecular formula is C15H15ClO2S. The summed E-state index contributed by atoms with van der Waals surface area (Å²) in [6, 6.07) is 5.63. The molecule has 0 amide bonds. The molecular weight excluding hydrogens is 280 g/mol. The van der Waals surface area contributed by atoms with Gasteiger partial charge in [0.15, 0.2) is 5.78 Å². The van der Waals surface area contributed by atoms with E-state index in [1.807, 2.05) is 25.1 Å². The number of hydrogen-bond donors (Lipinski definition) is 1. The van der Waals surface area contributed by atoms with Gasteiger partial charge >= 0.3 is 0 Å². The average molecular weight is 295 g/mol. The molecule has 0 radical (unpaired) electrons. The highest BCUT2D eigenvalue weighted by Gasteiger charge is 2.24. The van der Waals surface area contributed by atoms with Crippen LogP contribution in [0, 0.1) is 6.92 Å². The number of ketones is 1. The third-order valence-corrected chi connectivity index (χ3v) is 4.15. The van der Waals surface area contributed by atoms with Crippen molar-refractivity contribution >= 4 is 34.5 Å². The molecule has 100 valence electrons. The van der Waals surface area contributed by atoms with Crippen LogP contribution in [0.25, 0.3) is 0 Å². The fourth-order valence-electron chi connectivity index (χ4n) is 2.25. The molecule has 1 N–H and O–H groups in total. The van der Waals surface area contributed by atoms with Crippen LogP contribution in [0.2, 0.25) is 5.02 Å². The molecule has 0 spiro atoms. The Labute approximate surface area is 123 Å². The predicted molar refractivity (Wildman–Crippen MR) is 81.0 cm³/mol. The Kier molecular flexibility index (Phi) is 4.38. The molecule has 1 aliphatic rings. The van der Waals surface area contributed by atoms with E-state index < -0.39 is 0 Å². The van der Waals surface area contributed by atoms with Gasteiger partial charge in [-0.2, -0.15) is 0 Å². The standard InChI is InChI=1S/C15H15ClO2S/c1-9-10(4-2-5-11(9)16)8-14(19)15-12(17)6-3-7-13(15)18/h2,4-5,17H,3,6-8H2,1H3. The predicted octanol–water partition coefficient (Wildman–Crippen LogP) is 4.13. The van der Waals surface area contributed by atoms with Crippen LogP contribution < -0.4 is 0 Å². The van der Waals surface area contributed by atoms with E-state index in [9.17, 15) is 9.90 Å². The Morgan fingerprint density at radius 1 is 1.42 bits per heavy atom. The Balaban J connectivity index is 2.26. The zero-order valence-electron chi connectivity index (χ0n) is 10.7. The van der Waals surface area contributed by atoms with E-state index in [4.69, 9.17) is 23.8 Å². The van der Waals surface area contributed by atoms with E-state index in [0.29, 0.717) is 41.1 Å². The minimum atomic E-state index is -0.0477. The van der Waals surface area contributed by atoms with Gasteiger partial charge in [0.2, 0.25) is 0 Å². The second-order valence-electron chi connectivity index (χ2n) is 4.72. The second-order valence-corrected chi connectivity index (χ2v) is 5.62. The molecule has 2 rings (SSSR count). The van der Waals surface area contributed by atoms with Gasteiger partial charge in [-0.15, -0.1) is 0 Å². The average Bonchev–Trinajstić information content (AvgIpc) is 2.35. The highest BCUT2D eigenvalue weighted by atomic mass is 35.5. The molecule has 0 fully saturated rings. The van der Waals surface area contributed by atoms with Gasteiger partial charge < -0.3 is 5.11 Å². The highest BCUT2D eigenvalue weighted by molar-refractivity contribution is 7.81. The molecule has 0 saturated heterocycles. The smallest absolute Gasteiger partial charge is 0.167 e. The molecule has 0 atom stereocenters. The van der Waals surface area contributed by atoms with Gasteiger partial charge in [0.1, 0.15) is 5.76 Å². The number of thiocarbonyl (C=S) groups is 1. The number of carbonyl (C=O) groups is 1. The van der Waals surface area contributed by atoms with Crippen molar-refractivity contribution in [1.29, 1.82) is 0 Å². The summed E-state index contributed by atoms with van der Waals surface area (Å²) in [6.45, 7) is 1.93. The number of aliphatic hydroxyl groups is 1. The van der Waals surface area contributed by atoms with E-state index >= 15 is 0 Å². The molecule has 2 nitrogen and oxygen atoms in total. The summed E-state index contributed by atoms with van der Waals surface area (Å²) in [5.41, 5.74) is 2.31. The monoisotopic (exact) mass is 294 g/mol. The van der Waals surface area contributed by atoms with Crippen molar-refractivity contribution in [3.63, 3.8) is 0 Å². The third-order valence-electron chi connectivity index (χ3n) is 3.39. The van der Waals surface area contributed by atoms with Crippen molar-refractivity contribution in [2.75, 3.05) is 0 Å². The normalized spacial score (nSPS) is 15.8. The van der Waals surface area contributed by atoms with E-state index in [0.717, 1.165) is 11.1 Å². The zero-order chi connectivity index (χ0) is 14.0. The minimum Gasteiger partial charge on any atom is -0.512 e. The molecule has 1 aliphatic carbocycles. The first-order valence-electron chi connectivity index (χ1n) is 6.23. The highest BCUT2D eigenvalue weighted by Crippen LogP contribution is 2.25. The summed E-state index contributed by atoms with van der Waals surface area (Å²) in [4.78, 5) is 12.4. The van der Waals surface area contributed by atoms with Gasteiger partial charge in [0, 0.05) is 29.1 Å². The second kappa shape index (κ2) is 5.85. The van der Waals surface area contributed by atoms with E-state index in [1.54, 1.807) is 0 Å². The SMILES string of the molecule is Cc1c(Cl)cccc1CC(=S)C1=C(O)CCCC1=O. The Morgan fingerprint density at radius 3 is 2.84 bits per heavy atom. The Hall–Kier alpha value is -1.19. The van der Waals surface area contributed by atoms with Crippen LogP contribution in [0.4, 0.5) is 0 Å². The van der Waals surface area contributed by atoms with Gasteiger partial charge in [-0.3, -0.25) is 4.79 Å². The topological polar surface area (TPSA) is 37.3 Å². The lowest BCUT2D eigenvalue weighted by atomic mass is 9.91. The van der Waals surface area contributed by atoms with Gasteiger partial charge in [-0.05, 0) is 30.5 Å². The van der Waals surface area contributed by atoms with Crippen molar-refractivity contribution in [1.82, 2.24) is 0 Å². The van der Waals surface area contributed by atoms with Crippen molar-refractivity contribution < 1.29 is 9.90 Å². The molecule has 4 heteroatoms. The van der Waals surface area contributed by atoms with Crippen molar-refractivity contribution in [2.24, 2.45) is 0 Å². The number of Topliss-reactive ketones (excluding diaryl/α,β-unsaturated/α-hetero) is 1. The summed E-state index contributed by atoms with van der Waals surface area (Å²) >= 11 is 11.4. The number of rotatable bonds is 3. The van der Waals surface area contributed by atoms with Crippen LogP contribution in [0.3, 0.4) is 0 Å². The summed E-state index contributed by atoms with van der Waals surface area (Å²) < 4.78 is 0. The lowest BCUT2D eigenvalue weighted by Crippen LogP contribution is -2.19. The number of allylic oxidation sites excluding steroid dienone is 2. The maximum absolute atomic E-state index is 11.9. The maximum Gasteiger partial charge on any atom is 0.167 e. The summed E-state index contributed by atoms with van der Waals surface area (Å²) in [6.07, 6.45) is 2.17. The number of hydrogen-bond acceptors (Lipinski definition) is 3. The first-order valence-corrected chi connectivity index (χ1v) is 7.02. The van der Waals surface area contributed by atoms with Crippen molar-refractivity contribution in [3.05, 3.63) is 45.7 Å². The van der Waals surface area contributed by atoms with Crippen LogP contribution in [0.1, 0.15) is 30.4 Å². The van der Waals surface area contributed by atoms with Crippen LogP contribution in [-0.4, -0.2) is 15.8 Å². The van der Waals surface area contributed by atoms with Gasteiger partial charge in [-0.1, -0.05) is 36.0 Å². The van der Waals surface area contributed by atoms with Crippen LogP contribution in [0.15, 0.2) is 29.5 Å². The quantitative estimate of drug-likeness (QED) is 0.852. The number of carbonyl (C=O) groups excluding carboxylic acids is 1. The van der Waals surface area contributed by atoms with Crippen molar-refractivity contribution in [3.8, 4) is 0 Å². The minimum absolute atomic E-state index is 0.0477. The van der Waals surface area contributed by atoms with Crippen molar-refractivity contribution in [2.45, 2.75) is 32.6 Å². The molecule has 1 aromatic rings. The van der Waals surface area contributed by atoms with Crippen LogP contribution in [-0.2, 0) is 11.2 Å². The van der Waals surface area contributed by atoms with E-state index in [2.05, 4.69) is 0 Å². The first-order chi connectivity index (χ1) is 9.00. The third kappa shape index (κ3) is 3.04. The fourth-order valence-corrected chi connectivity index (χ4v) is 2.83. The maximum atomic E-state index is 11.9. The molecule has 0 bridgehead atoms. The number of halogens is 1. The number of benzene rings is 1. The lowest BCUT2D eigenvalue weighted by molar-refractivity contribution is -0.115. The van der Waals surface area contributed by atoms with E-state index in [1.165, 1.54) is 0 Å². The van der Waals surface area contributed by atoms with Gasteiger partial charge in [-0.25, -0.2) is 0 Å². The Bertz CT molecular complexity index is 576. The molecule has 0 heterocycles. The lowest BCUT2D eigenvalue weighted by Gasteiger charge is -2.16. The number of aliphatic hydroxyl groups excluding tert-OH is 1. The molecule has 19 heavy (non-hydrogen) atoms. The molecule has 0 aromatic heterocycles. The molecule has 0 unspecified atom stereocenters. The van der Waals surface area contributed by atoms with Crippen LogP contribution in [0.5, 0.6) is 0 Å². The summed E-state index contributed by atoms with van der Waals surface area (Å²) in [7, 11) is 0. The first kappa shape index (κ1) is 14.2. The summed E-state index contributed by atoms with van der Waals surface area (Å²) in [5.74, 6) is 0.0920. The zero-order valence-corrected chi connectivity index (χ0v) is 12.3. The fraction of sp³-hybridized carbons (Fsp3) is 0.333. The Morgan fingerprint density at radius 2 is 2.16 bits per heavy atom. The largest absolute Gasteiger partial charge is 0.512 e. The molecule has 1 aromatic carbocycles. The molecule has 0 saturated carbocycles. The summed E-state index contributed by atoms with van der Waals surface area (Å²) in [5, 5.41) is 10.5.